The van der Waals surface area contributed by atoms with Gasteiger partial charge in [0.05, 0.1) is 11.8 Å². The molecule has 0 bridgehead atoms. The topological polar surface area (TPSA) is 53.0 Å². The Morgan fingerprint density at radius 1 is 1.13 bits per heavy atom. The van der Waals surface area contributed by atoms with Crippen LogP contribution in [0.4, 0.5) is 0 Å². The second-order valence-corrected chi connectivity index (χ2v) is 9.79. The molecular formula is C25H30ClN3O2. The van der Waals surface area contributed by atoms with E-state index < -0.39 is 0 Å². The quantitative estimate of drug-likeness (QED) is 0.641. The molecule has 31 heavy (non-hydrogen) atoms. The predicted molar refractivity (Wildman–Crippen MR) is 125 cm³/mol. The van der Waals surface area contributed by atoms with Crippen LogP contribution in [-0.4, -0.2) is 41.0 Å². The van der Waals surface area contributed by atoms with Gasteiger partial charge in [-0.05, 0) is 24.0 Å². The summed E-state index contributed by atoms with van der Waals surface area (Å²) in [6.07, 6.45) is 0.949. The van der Waals surface area contributed by atoms with Crippen molar-refractivity contribution in [3.05, 3.63) is 70.2 Å². The van der Waals surface area contributed by atoms with Crippen molar-refractivity contribution in [2.24, 2.45) is 10.5 Å². The minimum atomic E-state index is -0.231. The molecule has 0 N–H and O–H groups in total. The molecule has 2 aromatic rings. The van der Waals surface area contributed by atoms with Gasteiger partial charge in [0.2, 0.25) is 5.91 Å². The first-order valence-electron chi connectivity index (χ1n) is 10.5. The van der Waals surface area contributed by atoms with E-state index in [1.165, 1.54) is 9.91 Å². The molecular weight excluding hydrogens is 410 g/mol. The lowest BCUT2D eigenvalue weighted by molar-refractivity contribution is -0.141. The third-order valence-corrected chi connectivity index (χ3v) is 5.62. The Bertz CT molecular complexity index is 993. The fraction of sp³-hybridized carbons (Fsp3) is 0.400. The SMILES string of the molecule is Cc1ccc([C@H]2CC(c3ccccc3Cl)=NN2C(=O)CN(C)C(=O)CC(C)(C)C)cc1. The number of halogens is 1. The van der Waals surface area contributed by atoms with Gasteiger partial charge < -0.3 is 4.90 Å². The molecule has 1 heterocycles. The number of benzene rings is 2. The third kappa shape index (κ3) is 5.73. The second-order valence-electron chi connectivity index (χ2n) is 9.38. The van der Waals surface area contributed by atoms with E-state index in [4.69, 9.17) is 11.6 Å². The zero-order valence-electron chi connectivity index (χ0n) is 18.9. The van der Waals surface area contributed by atoms with E-state index in [2.05, 4.69) is 5.10 Å². The van der Waals surface area contributed by atoms with Gasteiger partial charge in [-0.2, -0.15) is 5.10 Å². The predicted octanol–water partition coefficient (Wildman–Crippen LogP) is 5.22. The van der Waals surface area contributed by atoms with Crippen molar-refractivity contribution >= 4 is 29.1 Å². The molecule has 164 valence electrons. The van der Waals surface area contributed by atoms with Gasteiger partial charge in [0.25, 0.3) is 5.91 Å². The van der Waals surface area contributed by atoms with Crippen molar-refractivity contribution in [2.45, 2.75) is 46.6 Å². The van der Waals surface area contributed by atoms with Gasteiger partial charge in [-0.25, -0.2) is 5.01 Å². The van der Waals surface area contributed by atoms with E-state index >= 15 is 0 Å². The standard InChI is InChI=1S/C25H30ClN3O2/c1-17-10-12-18(13-11-17)22-14-21(19-8-6-7-9-20(19)26)27-29(22)24(31)16-28(5)23(30)15-25(2,3)4/h6-13,22H,14-16H2,1-5H3/t22-/m1/s1. The van der Waals surface area contributed by atoms with Crippen molar-refractivity contribution in [1.82, 2.24) is 9.91 Å². The minimum absolute atomic E-state index is 0.0173. The van der Waals surface area contributed by atoms with Crippen LogP contribution >= 0.6 is 11.6 Å². The molecule has 2 amide bonds. The van der Waals surface area contributed by atoms with Crippen LogP contribution in [0.3, 0.4) is 0 Å². The molecule has 0 saturated heterocycles. The Kier molecular flexibility index (Phi) is 6.85. The molecule has 5 nitrogen and oxygen atoms in total. The fourth-order valence-electron chi connectivity index (χ4n) is 3.60. The van der Waals surface area contributed by atoms with Crippen LogP contribution in [0.25, 0.3) is 0 Å². The first-order valence-corrected chi connectivity index (χ1v) is 10.9. The molecule has 1 aliphatic heterocycles. The van der Waals surface area contributed by atoms with Crippen molar-refractivity contribution in [3.63, 3.8) is 0 Å². The van der Waals surface area contributed by atoms with E-state index in [1.807, 2.05) is 76.2 Å². The highest BCUT2D eigenvalue weighted by Gasteiger charge is 2.34. The molecule has 0 spiro atoms. The van der Waals surface area contributed by atoms with Gasteiger partial charge in [0.15, 0.2) is 0 Å². The van der Waals surface area contributed by atoms with Crippen LogP contribution in [0.15, 0.2) is 53.6 Å². The normalized spacial score (nSPS) is 16.3. The van der Waals surface area contributed by atoms with Crippen molar-refractivity contribution in [1.29, 1.82) is 0 Å². The number of rotatable bonds is 5. The smallest absolute Gasteiger partial charge is 0.262 e. The van der Waals surface area contributed by atoms with E-state index in [1.54, 1.807) is 7.05 Å². The summed E-state index contributed by atoms with van der Waals surface area (Å²) in [4.78, 5) is 27.2. The van der Waals surface area contributed by atoms with E-state index in [0.717, 1.165) is 22.4 Å². The monoisotopic (exact) mass is 439 g/mol. The number of likely N-dealkylation sites (N-methyl/N-ethyl adjacent to an activating group) is 1. The van der Waals surface area contributed by atoms with Gasteiger partial charge >= 0.3 is 0 Å². The number of hydrogen-bond donors (Lipinski definition) is 0. The zero-order chi connectivity index (χ0) is 22.8. The Balaban J connectivity index is 1.86. The second kappa shape index (κ2) is 9.23. The number of aryl methyl sites for hydroxylation is 1. The highest BCUT2D eigenvalue weighted by Crippen LogP contribution is 2.34. The Hall–Kier alpha value is -2.66. The number of hydrazone groups is 1. The maximum absolute atomic E-state index is 13.2. The summed E-state index contributed by atoms with van der Waals surface area (Å²) in [5, 5.41) is 6.79. The van der Waals surface area contributed by atoms with E-state index in [0.29, 0.717) is 17.9 Å². The number of hydrogen-bond acceptors (Lipinski definition) is 3. The molecule has 0 aromatic heterocycles. The Morgan fingerprint density at radius 2 is 1.77 bits per heavy atom. The van der Waals surface area contributed by atoms with Crippen molar-refractivity contribution in [3.8, 4) is 0 Å². The number of carbonyl (C=O) groups excluding carboxylic acids is 2. The highest BCUT2D eigenvalue weighted by atomic mass is 35.5. The maximum Gasteiger partial charge on any atom is 0.262 e. The van der Waals surface area contributed by atoms with Gasteiger partial charge in [-0.3, -0.25) is 9.59 Å². The molecule has 2 aromatic carbocycles. The van der Waals surface area contributed by atoms with Crippen LogP contribution in [-0.2, 0) is 9.59 Å². The lowest BCUT2D eigenvalue weighted by atomic mass is 9.92. The number of nitrogens with zero attached hydrogens (tertiary/aromatic N) is 3. The molecule has 0 aliphatic carbocycles. The first kappa shape index (κ1) is 23.0. The molecule has 3 rings (SSSR count). The van der Waals surface area contributed by atoms with Crippen LogP contribution in [0.5, 0.6) is 0 Å². The van der Waals surface area contributed by atoms with Gasteiger partial charge in [0, 0.05) is 30.5 Å². The summed E-state index contributed by atoms with van der Waals surface area (Å²) in [6, 6.07) is 15.4. The highest BCUT2D eigenvalue weighted by molar-refractivity contribution is 6.34. The minimum Gasteiger partial charge on any atom is -0.336 e. The summed E-state index contributed by atoms with van der Waals surface area (Å²) < 4.78 is 0. The summed E-state index contributed by atoms with van der Waals surface area (Å²) >= 11 is 6.40. The zero-order valence-corrected chi connectivity index (χ0v) is 19.6. The molecule has 1 aliphatic rings. The number of amides is 2. The van der Waals surface area contributed by atoms with E-state index in [9.17, 15) is 9.59 Å². The molecule has 0 fully saturated rings. The lowest BCUT2D eigenvalue weighted by Crippen LogP contribution is -2.40. The first-order chi connectivity index (χ1) is 14.5. The average molecular weight is 440 g/mol. The van der Waals surface area contributed by atoms with Gasteiger partial charge in [-0.15, -0.1) is 0 Å². The van der Waals surface area contributed by atoms with Crippen LogP contribution < -0.4 is 0 Å². The van der Waals surface area contributed by atoms with E-state index in [-0.39, 0.29) is 29.8 Å². The molecule has 0 saturated carbocycles. The Labute approximate surface area is 189 Å². The van der Waals surface area contributed by atoms with Gasteiger partial charge in [0.1, 0.15) is 6.54 Å². The summed E-state index contributed by atoms with van der Waals surface area (Å²) in [7, 11) is 1.67. The summed E-state index contributed by atoms with van der Waals surface area (Å²) in [5.74, 6) is -0.264. The molecule has 6 heteroatoms. The molecule has 1 atom stereocenters. The fourth-order valence-corrected chi connectivity index (χ4v) is 3.84. The van der Waals surface area contributed by atoms with Crippen LogP contribution in [0.1, 0.15) is 56.3 Å². The third-order valence-electron chi connectivity index (χ3n) is 5.29. The van der Waals surface area contributed by atoms with Crippen LogP contribution in [0.2, 0.25) is 5.02 Å². The largest absolute Gasteiger partial charge is 0.336 e. The molecule has 0 radical (unpaired) electrons. The number of carbonyl (C=O) groups is 2. The maximum atomic E-state index is 13.2. The molecule has 0 unspecified atom stereocenters. The average Bonchev–Trinajstić information content (AvgIpc) is 3.13. The van der Waals surface area contributed by atoms with Crippen molar-refractivity contribution < 1.29 is 9.59 Å². The van der Waals surface area contributed by atoms with Gasteiger partial charge in [-0.1, -0.05) is 80.4 Å². The summed E-state index contributed by atoms with van der Waals surface area (Å²) in [5.41, 5.74) is 3.62. The van der Waals surface area contributed by atoms with Crippen LogP contribution in [0, 0.1) is 12.3 Å². The van der Waals surface area contributed by atoms with Crippen molar-refractivity contribution in [2.75, 3.05) is 13.6 Å². The Morgan fingerprint density at radius 3 is 2.39 bits per heavy atom. The lowest BCUT2D eigenvalue weighted by Gasteiger charge is -2.26. The summed E-state index contributed by atoms with van der Waals surface area (Å²) in [6.45, 7) is 8.04.